The second kappa shape index (κ2) is 16.1. The van der Waals surface area contributed by atoms with Crippen molar-refractivity contribution < 1.29 is 0 Å². The first-order valence-corrected chi connectivity index (χ1v) is 20.5. The minimum Gasteiger partial charge on any atom is -0.312 e. The van der Waals surface area contributed by atoms with Crippen molar-refractivity contribution in [1.29, 1.82) is 5.26 Å². The molecule has 60 heavy (non-hydrogen) atoms. The number of fused-ring (bicyclic) bond motifs is 5. The first kappa shape index (κ1) is 36.9. The number of hydrogen-bond acceptors (Lipinski definition) is 4. The second-order valence-corrected chi connectivity index (χ2v) is 15.4. The molecule has 0 heterocycles. The van der Waals surface area contributed by atoms with Crippen LogP contribution in [0.25, 0.3) is 76.5 Å². The Labute approximate surface area is 350 Å². The van der Waals surface area contributed by atoms with E-state index in [2.05, 4.69) is 168 Å². The van der Waals surface area contributed by atoms with Crippen LogP contribution >= 0.6 is 0 Å². The molecule has 10 rings (SSSR count). The lowest BCUT2D eigenvalue weighted by atomic mass is 9.89. The van der Waals surface area contributed by atoms with Crippen molar-refractivity contribution in [2.24, 2.45) is 5.73 Å². The number of nitriles is 1. The molecule has 0 aromatic heterocycles. The van der Waals surface area contributed by atoms with Crippen LogP contribution in [0.2, 0.25) is 0 Å². The summed E-state index contributed by atoms with van der Waals surface area (Å²) in [5.41, 5.74) is 17.7. The van der Waals surface area contributed by atoms with Gasteiger partial charge in [0.25, 0.3) is 0 Å². The summed E-state index contributed by atoms with van der Waals surface area (Å²) in [6.07, 6.45) is -0.650. The molecule has 4 heteroatoms. The highest BCUT2D eigenvalue weighted by Gasteiger charge is 2.18. The molecule has 10 aromatic rings. The first-order valence-electron chi connectivity index (χ1n) is 20.5. The molecule has 0 aliphatic heterocycles. The molecule has 4 nitrogen and oxygen atoms in total. The molecular formula is C56H42N4. The topological polar surface area (TPSA) is 73.9 Å². The number of nitrogens with one attached hydrogen (secondary N) is 2. The van der Waals surface area contributed by atoms with E-state index in [1.807, 2.05) is 54.6 Å². The van der Waals surface area contributed by atoms with Gasteiger partial charge in [0.2, 0.25) is 0 Å². The molecule has 4 N–H and O–H groups in total. The van der Waals surface area contributed by atoms with Gasteiger partial charge in [0.1, 0.15) is 0 Å². The first-order chi connectivity index (χ1) is 29.6. The third-order valence-corrected chi connectivity index (χ3v) is 11.8. The molecule has 0 bridgehead atoms. The number of hydrogen-bond donors (Lipinski definition) is 3. The summed E-state index contributed by atoms with van der Waals surface area (Å²) in [5, 5.41) is 26.8. The van der Waals surface area contributed by atoms with Crippen LogP contribution in [0.4, 0.5) is 0 Å². The van der Waals surface area contributed by atoms with Crippen LogP contribution in [-0.2, 0) is 6.54 Å². The zero-order valence-electron chi connectivity index (χ0n) is 33.0. The van der Waals surface area contributed by atoms with Gasteiger partial charge < -0.3 is 5.73 Å². The van der Waals surface area contributed by atoms with Gasteiger partial charge in [-0.1, -0.05) is 182 Å². The molecule has 2 atom stereocenters. The van der Waals surface area contributed by atoms with Crippen molar-refractivity contribution >= 4 is 43.1 Å². The normalized spacial score (nSPS) is 12.5. The average molecular weight is 771 g/mol. The van der Waals surface area contributed by atoms with E-state index in [1.165, 1.54) is 70.9 Å². The molecule has 0 aliphatic carbocycles. The summed E-state index contributed by atoms with van der Waals surface area (Å²) < 4.78 is 0. The van der Waals surface area contributed by atoms with Crippen LogP contribution in [0.1, 0.15) is 34.6 Å². The van der Waals surface area contributed by atoms with Crippen LogP contribution in [0.3, 0.4) is 0 Å². The quantitative estimate of drug-likeness (QED) is 0.0735. The van der Waals surface area contributed by atoms with Gasteiger partial charge in [-0.25, -0.2) is 0 Å². The van der Waals surface area contributed by atoms with E-state index in [0.717, 1.165) is 22.3 Å². The highest BCUT2D eigenvalue weighted by Crippen LogP contribution is 2.40. The van der Waals surface area contributed by atoms with Gasteiger partial charge in [0.15, 0.2) is 0 Å². The molecule has 0 amide bonds. The summed E-state index contributed by atoms with van der Waals surface area (Å²) >= 11 is 0. The van der Waals surface area contributed by atoms with E-state index in [4.69, 9.17) is 5.73 Å². The molecule has 2 unspecified atom stereocenters. The predicted octanol–water partition coefficient (Wildman–Crippen LogP) is 13.2. The van der Waals surface area contributed by atoms with E-state index in [0.29, 0.717) is 12.1 Å². The minimum atomic E-state index is -0.393. The lowest BCUT2D eigenvalue weighted by molar-refractivity contribution is 0.386. The van der Waals surface area contributed by atoms with E-state index in [1.54, 1.807) is 0 Å². The predicted molar refractivity (Wildman–Crippen MR) is 250 cm³/mol. The smallest absolute Gasteiger partial charge is 0.0991 e. The third-order valence-electron chi connectivity index (χ3n) is 11.8. The van der Waals surface area contributed by atoms with E-state index < -0.39 is 6.17 Å². The van der Waals surface area contributed by atoms with Crippen molar-refractivity contribution in [3.05, 3.63) is 229 Å². The third kappa shape index (κ3) is 7.08. The Morgan fingerprint density at radius 3 is 1.88 bits per heavy atom. The number of nitrogens with two attached hydrogens (primary N) is 1. The van der Waals surface area contributed by atoms with Crippen molar-refractivity contribution in [3.63, 3.8) is 0 Å². The van der Waals surface area contributed by atoms with E-state index in [-0.39, 0.29) is 6.17 Å². The highest BCUT2D eigenvalue weighted by atomic mass is 15.2. The van der Waals surface area contributed by atoms with Crippen molar-refractivity contribution in [1.82, 2.24) is 10.6 Å². The van der Waals surface area contributed by atoms with E-state index in [9.17, 15) is 5.26 Å². The Kier molecular flexibility index (Phi) is 9.91. The van der Waals surface area contributed by atoms with Crippen LogP contribution in [0.5, 0.6) is 0 Å². The SMILES string of the molecule is N#Cc1ccc(-c2cccc(C(NCc3ccc(-c4ccc(-c5c6ccccc6cc6c5ccc5ccccc56)cc4)c4ccccc34)NC(N)c3ccccc3)c2)cc1. The van der Waals surface area contributed by atoms with E-state index >= 15 is 0 Å². The van der Waals surface area contributed by atoms with Gasteiger partial charge in [0, 0.05) is 6.54 Å². The molecule has 0 fully saturated rings. The number of benzene rings is 10. The highest BCUT2D eigenvalue weighted by molar-refractivity contribution is 6.20. The van der Waals surface area contributed by atoms with Crippen LogP contribution < -0.4 is 16.4 Å². The molecule has 0 spiro atoms. The summed E-state index contributed by atoms with van der Waals surface area (Å²) in [7, 11) is 0. The van der Waals surface area contributed by atoms with Crippen LogP contribution in [0.15, 0.2) is 206 Å². The van der Waals surface area contributed by atoms with Crippen LogP contribution in [0, 0.1) is 11.3 Å². The van der Waals surface area contributed by atoms with Crippen molar-refractivity contribution in [2.45, 2.75) is 18.9 Å². The van der Waals surface area contributed by atoms with Gasteiger partial charge in [-0.05, 0) is 117 Å². The lowest BCUT2D eigenvalue weighted by Crippen LogP contribution is -2.39. The van der Waals surface area contributed by atoms with Gasteiger partial charge in [-0.15, -0.1) is 0 Å². The van der Waals surface area contributed by atoms with Gasteiger partial charge in [-0.2, -0.15) is 5.26 Å². The maximum atomic E-state index is 9.34. The summed E-state index contributed by atoms with van der Waals surface area (Å²) in [4.78, 5) is 0. The van der Waals surface area contributed by atoms with Gasteiger partial charge in [-0.3, -0.25) is 10.6 Å². The zero-order valence-corrected chi connectivity index (χ0v) is 33.0. The van der Waals surface area contributed by atoms with Crippen molar-refractivity contribution in [2.75, 3.05) is 0 Å². The summed E-state index contributed by atoms with van der Waals surface area (Å²) in [5.74, 6) is 0. The lowest BCUT2D eigenvalue weighted by Gasteiger charge is -2.26. The zero-order chi connectivity index (χ0) is 40.4. The molecular weight excluding hydrogens is 729 g/mol. The standard InChI is InChI=1S/C56H42N4/c57-35-37-21-23-38(24-22-37)43-15-10-16-45(33-43)56(60-55(58)42-12-2-1-3-13-42)59-36-46-30-31-49(51-20-9-8-18-48(46)51)40-25-27-41(28-26-40)54-50-19-7-5-14-44(50)34-53-47-17-6-4-11-39(47)29-32-52(53)54/h1-34,55-56,59-60H,36,58H2. The minimum absolute atomic E-state index is 0.257. The average Bonchev–Trinajstić information content (AvgIpc) is 3.32. The monoisotopic (exact) mass is 770 g/mol. The number of nitrogens with zero attached hydrogens (tertiary/aromatic N) is 1. The molecule has 286 valence electrons. The Morgan fingerprint density at radius 1 is 0.450 bits per heavy atom. The summed E-state index contributed by atoms with van der Waals surface area (Å²) in [6, 6.07) is 75.2. The van der Waals surface area contributed by atoms with Gasteiger partial charge in [0.05, 0.1) is 24.0 Å². The fraction of sp³-hybridized carbons (Fsp3) is 0.0536. The fourth-order valence-electron chi connectivity index (χ4n) is 8.77. The molecule has 10 aromatic carbocycles. The molecule has 0 saturated heterocycles. The second-order valence-electron chi connectivity index (χ2n) is 15.4. The molecule has 0 saturated carbocycles. The Balaban J connectivity index is 0.979. The fourth-order valence-corrected chi connectivity index (χ4v) is 8.77. The van der Waals surface area contributed by atoms with Gasteiger partial charge >= 0.3 is 0 Å². The number of rotatable bonds is 10. The summed E-state index contributed by atoms with van der Waals surface area (Å²) in [6.45, 7) is 0.614. The Morgan fingerprint density at radius 2 is 1.10 bits per heavy atom. The van der Waals surface area contributed by atoms with Crippen molar-refractivity contribution in [3.8, 4) is 39.4 Å². The van der Waals surface area contributed by atoms with Crippen LogP contribution in [-0.4, -0.2) is 0 Å². The maximum absolute atomic E-state index is 9.34. The maximum Gasteiger partial charge on any atom is 0.0991 e. The molecule has 0 radical (unpaired) electrons. The Hall–Kier alpha value is -7.39. The Bertz CT molecular complexity index is 3200. The molecule has 0 aliphatic rings. The largest absolute Gasteiger partial charge is 0.312 e.